The Labute approximate surface area is 141 Å². The van der Waals surface area contributed by atoms with E-state index in [0.717, 1.165) is 50.3 Å². The summed E-state index contributed by atoms with van der Waals surface area (Å²) in [6.07, 6.45) is 1.77. The average molecular weight is 325 g/mol. The molecular weight excluding hydrogens is 302 g/mol. The Hall–Kier alpha value is -2.18. The minimum absolute atomic E-state index is 0.00627. The third-order valence-corrected chi connectivity index (χ3v) is 4.91. The Bertz CT molecular complexity index is 773. The molecule has 0 spiro atoms. The zero-order chi connectivity index (χ0) is 16.5. The van der Waals surface area contributed by atoms with Crippen LogP contribution in [0.25, 0.3) is 0 Å². The molecule has 1 aromatic carbocycles. The van der Waals surface area contributed by atoms with Crippen LogP contribution in [0.5, 0.6) is 0 Å². The Balaban J connectivity index is 1.53. The molecule has 1 saturated heterocycles. The summed E-state index contributed by atoms with van der Waals surface area (Å²) in [6, 6.07) is 10.5. The second-order valence-electron chi connectivity index (χ2n) is 6.76. The van der Waals surface area contributed by atoms with Crippen molar-refractivity contribution >= 4 is 5.95 Å². The summed E-state index contributed by atoms with van der Waals surface area (Å²) < 4.78 is 0. The zero-order valence-corrected chi connectivity index (χ0v) is 13.7. The highest BCUT2D eigenvalue weighted by atomic mass is 16.1. The molecule has 1 unspecified atom stereocenters. The van der Waals surface area contributed by atoms with E-state index in [-0.39, 0.29) is 11.6 Å². The number of fused-ring (bicyclic) bond motifs is 1. The maximum atomic E-state index is 12.5. The molecule has 1 atom stereocenters. The number of benzene rings is 1. The molecule has 2 aromatic rings. The van der Waals surface area contributed by atoms with Crippen LogP contribution in [-0.4, -0.2) is 40.5 Å². The van der Waals surface area contributed by atoms with Crippen LogP contribution in [0.1, 0.15) is 23.2 Å². The van der Waals surface area contributed by atoms with Crippen molar-refractivity contribution in [3.05, 3.63) is 57.5 Å². The molecule has 1 aromatic heterocycles. The van der Waals surface area contributed by atoms with Gasteiger partial charge in [-0.1, -0.05) is 30.3 Å². The maximum Gasteiger partial charge on any atom is 0.257 e. The van der Waals surface area contributed by atoms with Crippen LogP contribution in [0.4, 0.5) is 5.95 Å². The van der Waals surface area contributed by atoms with Crippen molar-refractivity contribution in [3.63, 3.8) is 0 Å². The summed E-state index contributed by atoms with van der Waals surface area (Å²) in [5.74, 6) is 0.684. The molecule has 0 amide bonds. The van der Waals surface area contributed by atoms with Crippen molar-refractivity contribution in [2.24, 2.45) is 5.73 Å². The lowest BCUT2D eigenvalue weighted by Gasteiger charge is -2.28. The zero-order valence-electron chi connectivity index (χ0n) is 13.7. The SMILES string of the molecule is NC1CCN(c2nc3c(c(=O)[nH]2)CN(Cc2ccccc2)CC3)C1. The van der Waals surface area contributed by atoms with Crippen molar-refractivity contribution in [1.29, 1.82) is 0 Å². The maximum absolute atomic E-state index is 12.5. The number of rotatable bonds is 3. The van der Waals surface area contributed by atoms with E-state index in [9.17, 15) is 4.79 Å². The summed E-state index contributed by atoms with van der Waals surface area (Å²) >= 11 is 0. The van der Waals surface area contributed by atoms with E-state index in [2.05, 4.69) is 39.0 Å². The first-order valence-electron chi connectivity index (χ1n) is 8.58. The molecule has 126 valence electrons. The van der Waals surface area contributed by atoms with Gasteiger partial charge in [0.25, 0.3) is 5.56 Å². The van der Waals surface area contributed by atoms with Gasteiger partial charge in [0, 0.05) is 45.2 Å². The summed E-state index contributed by atoms with van der Waals surface area (Å²) in [5, 5.41) is 0. The summed E-state index contributed by atoms with van der Waals surface area (Å²) in [4.78, 5) is 24.6. The van der Waals surface area contributed by atoms with E-state index in [0.29, 0.717) is 12.5 Å². The number of nitrogens with one attached hydrogen (secondary N) is 1. The molecule has 6 nitrogen and oxygen atoms in total. The highest BCUT2D eigenvalue weighted by Crippen LogP contribution is 2.20. The third-order valence-electron chi connectivity index (χ3n) is 4.91. The summed E-state index contributed by atoms with van der Waals surface area (Å²) in [7, 11) is 0. The van der Waals surface area contributed by atoms with Gasteiger partial charge in [-0.05, 0) is 12.0 Å². The van der Waals surface area contributed by atoms with Crippen LogP contribution in [-0.2, 0) is 19.5 Å². The van der Waals surface area contributed by atoms with E-state index in [1.165, 1.54) is 5.56 Å². The Morgan fingerprint density at radius 3 is 2.83 bits per heavy atom. The minimum atomic E-state index is -0.00627. The van der Waals surface area contributed by atoms with Gasteiger partial charge < -0.3 is 10.6 Å². The predicted molar refractivity (Wildman–Crippen MR) is 93.9 cm³/mol. The van der Waals surface area contributed by atoms with E-state index in [1.807, 2.05) is 6.07 Å². The van der Waals surface area contributed by atoms with Crippen molar-refractivity contribution in [2.45, 2.75) is 32.0 Å². The van der Waals surface area contributed by atoms with Gasteiger partial charge in [0.05, 0.1) is 11.3 Å². The lowest BCUT2D eigenvalue weighted by atomic mass is 10.1. The third kappa shape index (κ3) is 3.07. The normalized spacial score (nSPS) is 21.0. The number of hydrogen-bond acceptors (Lipinski definition) is 5. The van der Waals surface area contributed by atoms with Crippen LogP contribution < -0.4 is 16.2 Å². The molecule has 0 saturated carbocycles. The van der Waals surface area contributed by atoms with Crippen molar-refractivity contribution < 1.29 is 0 Å². The molecular formula is C18H23N5O. The van der Waals surface area contributed by atoms with Gasteiger partial charge in [-0.15, -0.1) is 0 Å². The Kier molecular flexibility index (Phi) is 4.08. The van der Waals surface area contributed by atoms with Crippen molar-refractivity contribution in [3.8, 4) is 0 Å². The van der Waals surface area contributed by atoms with Gasteiger partial charge in [0.1, 0.15) is 0 Å². The molecule has 4 rings (SSSR count). The molecule has 1 fully saturated rings. The van der Waals surface area contributed by atoms with Gasteiger partial charge in [0.15, 0.2) is 0 Å². The fourth-order valence-corrected chi connectivity index (χ4v) is 3.57. The molecule has 0 bridgehead atoms. The molecule has 3 N–H and O–H groups in total. The highest BCUT2D eigenvalue weighted by Gasteiger charge is 2.25. The van der Waals surface area contributed by atoms with Gasteiger partial charge in [-0.2, -0.15) is 0 Å². The van der Waals surface area contributed by atoms with Crippen LogP contribution in [0, 0.1) is 0 Å². The largest absolute Gasteiger partial charge is 0.341 e. The first-order valence-corrected chi connectivity index (χ1v) is 8.58. The quantitative estimate of drug-likeness (QED) is 0.875. The molecule has 2 aliphatic heterocycles. The first kappa shape index (κ1) is 15.4. The highest BCUT2D eigenvalue weighted by molar-refractivity contribution is 5.36. The monoisotopic (exact) mass is 325 g/mol. The lowest BCUT2D eigenvalue weighted by molar-refractivity contribution is 0.242. The molecule has 2 aliphatic rings. The fraction of sp³-hybridized carbons (Fsp3) is 0.444. The Morgan fingerprint density at radius 2 is 2.08 bits per heavy atom. The summed E-state index contributed by atoms with van der Waals surface area (Å²) in [6.45, 7) is 4.08. The van der Waals surface area contributed by atoms with Gasteiger partial charge >= 0.3 is 0 Å². The van der Waals surface area contributed by atoms with E-state index >= 15 is 0 Å². The molecule has 0 radical (unpaired) electrons. The first-order chi connectivity index (χ1) is 11.7. The summed E-state index contributed by atoms with van der Waals surface area (Å²) in [5.41, 5.74) is 8.98. The van der Waals surface area contributed by atoms with Crippen LogP contribution in [0.3, 0.4) is 0 Å². The minimum Gasteiger partial charge on any atom is -0.341 e. The second-order valence-corrected chi connectivity index (χ2v) is 6.76. The molecule has 3 heterocycles. The number of aromatic nitrogens is 2. The number of anilines is 1. The molecule has 6 heteroatoms. The number of aromatic amines is 1. The lowest BCUT2D eigenvalue weighted by Crippen LogP contribution is -2.37. The second kappa shape index (κ2) is 6.37. The average Bonchev–Trinajstić information content (AvgIpc) is 3.03. The topological polar surface area (TPSA) is 78.2 Å². The smallest absolute Gasteiger partial charge is 0.257 e. The van der Waals surface area contributed by atoms with E-state index in [1.54, 1.807) is 0 Å². The number of nitrogens with two attached hydrogens (primary N) is 1. The number of hydrogen-bond donors (Lipinski definition) is 2. The number of nitrogens with zero attached hydrogens (tertiary/aromatic N) is 3. The standard InChI is InChI=1S/C18H23N5O/c19-14-6-9-23(11-14)18-20-16-7-8-22(12-15(16)17(24)21-18)10-13-4-2-1-3-5-13/h1-5,14H,6-12,19H2,(H,20,21,24). The fourth-order valence-electron chi connectivity index (χ4n) is 3.57. The van der Waals surface area contributed by atoms with Gasteiger partial charge in [0.2, 0.25) is 5.95 Å². The van der Waals surface area contributed by atoms with Crippen LogP contribution in [0.15, 0.2) is 35.1 Å². The van der Waals surface area contributed by atoms with Crippen LogP contribution >= 0.6 is 0 Å². The van der Waals surface area contributed by atoms with Gasteiger partial charge in [-0.25, -0.2) is 4.98 Å². The van der Waals surface area contributed by atoms with Gasteiger partial charge in [-0.3, -0.25) is 14.7 Å². The van der Waals surface area contributed by atoms with Crippen LogP contribution in [0.2, 0.25) is 0 Å². The predicted octanol–water partition coefficient (Wildman–Crippen LogP) is 0.866. The van der Waals surface area contributed by atoms with Crippen molar-refractivity contribution in [1.82, 2.24) is 14.9 Å². The Morgan fingerprint density at radius 1 is 1.25 bits per heavy atom. The van der Waals surface area contributed by atoms with E-state index in [4.69, 9.17) is 10.7 Å². The van der Waals surface area contributed by atoms with Crippen molar-refractivity contribution in [2.75, 3.05) is 24.5 Å². The molecule has 0 aliphatic carbocycles. The number of H-pyrrole nitrogens is 1. The molecule has 24 heavy (non-hydrogen) atoms. The van der Waals surface area contributed by atoms with E-state index < -0.39 is 0 Å².